The number of hydrogen-bond donors (Lipinski definition) is 1. The molecule has 4 amide bonds. The average Bonchev–Trinajstić information content (AvgIpc) is 3.24. The number of carbonyl (C=O) groups excluding carboxylic acids is 3. The van der Waals surface area contributed by atoms with Gasteiger partial charge in [-0.2, -0.15) is 5.10 Å². The third-order valence-corrected chi connectivity index (χ3v) is 4.08. The summed E-state index contributed by atoms with van der Waals surface area (Å²) >= 11 is 0. The molecule has 9 heteroatoms. The van der Waals surface area contributed by atoms with Crippen LogP contribution < -0.4 is 5.32 Å². The van der Waals surface area contributed by atoms with E-state index < -0.39 is 0 Å². The standard InChI is InChI=1S/C17H20N6O3/c1-21-12-15(25)22(17(21)26)9-3-6-14(24)19-11-13-5-2-7-18-16(13)23-10-4-8-20-23/h2,4-5,7-8,10H,3,6,9,11-12H2,1H3,(H,19,24). The monoisotopic (exact) mass is 356 g/mol. The molecule has 1 saturated heterocycles. The molecule has 136 valence electrons. The molecule has 9 nitrogen and oxygen atoms in total. The molecule has 1 N–H and O–H groups in total. The number of nitrogens with zero attached hydrogens (tertiary/aromatic N) is 5. The van der Waals surface area contributed by atoms with Gasteiger partial charge in [-0.15, -0.1) is 0 Å². The third kappa shape index (κ3) is 3.88. The molecule has 0 spiro atoms. The largest absolute Gasteiger partial charge is 0.352 e. The van der Waals surface area contributed by atoms with Crippen LogP contribution in [0.15, 0.2) is 36.8 Å². The van der Waals surface area contributed by atoms with Crippen LogP contribution in [-0.2, 0) is 16.1 Å². The minimum Gasteiger partial charge on any atom is -0.352 e. The zero-order valence-corrected chi connectivity index (χ0v) is 14.5. The van der Waals surface area contributed by atoms with E-state index in [1.165, 1.54) is 9.80 Å². The summed E-state index contributed by atoms with van der Waals surface area (Å²) in [5, 5.41) is 7.00. The van der Waals surface area contributed by atoms with Gasteiger partial charge in [-0.1, -0.05) is 6.07 Å². The maximum absolute atomic E-state index is 12.1. The van der Waals surface area contributed by atoms with E-state index in [1.54, 1.807) is 42.5 Å². The van der Waals surface area contributed by atoms with Crippen LogP contribution in [0.3, 0.4) is 0 Å². The predicted molar refractivity (Wildman–Crippen MR) is 92.2 cm³/mol. The SMILES string of the molecule is CN1CC(=O)N(CCCC(=O)NCc2cccnc2-n2cccn2)C1=O. The number of pyridine rings is 1. The fourth-order valence-corrected chi connectivity index (χ4v) is 2.74. The van der Waals surface area contributed by atoms with Crippen molar-refractivity contribution < 1.29 is 14.4 Å². The minimum absolute atomic E-state index is 0.0994. The summed E-state index contributed by atoms with van der Waals surface area (Å²) in [6.45, 7) is 0.676. The van der Waals surface area contributed by atoms with Crippen LogP contribution in [0.1, 0.15) is 18.4 Å². The smallest absolute Gasteiger partial charge is 0.326 e. The van der Waals surface area contributed by atoms with E-state index in [-0.39, 0.29) is 37.4 Å². The van der Waals surface area contributed by atoms with Gasteiger partial charge >= 0.3 is 6.03 Å². The molecule has 0 bridgehead atoms. The maximum atomic E-state index is 12.1. The van der Waals surface area contributed by atoms with Gasteiger partial charge in [0.05, 0.1) is 0 Å². The number of nitrogens with one attached hydrogen (secondary N) is 1. The zero-order valence-electron chi connectivity index (χ0n) is 14.5. The molecule has 2 aromatic rings. The number of rotatable bonds is 7. The minimum atomic E-state index is -0.311. The number of urea groups is 1. The first-order chi connectivity index (χ1) is 12.6. The van der Waals surface area contributed by atoms with E-state index in [2.05, 4.69) is 15.4 Å². The van der Waals surface area contributed by atoms with Crippen LogP contribution >= 0.6 is 0 Å². The summed E-state index contributed by atoms with van der Waals surface area (Å²) < 4.78 is 1.64. The lowest BCUT2D eigenvalue weighted by atomic mass is 10.2. The van der Waals surface area contributed by atoms with E-state index in [4.69, 9.17) is 0 Å². The molecule has 3 rings (SSSR count). The quantitative estimate of drug-likeness (QED) is 0.731. The summed E-state index contributed by atoms with van der Waals surface area (Å²) in [6, 6.07) is 5.17. The Balaban J connectivity index is 1.48. The van der Waals surface area contributed by atoms with Crippen LogP contribution in [0.5, 0.6) is 0 Å². The van der Waals surface area contributed by atoms with Crippen molar-refractivity contribution in [1.82, 2.24) is 29.9 Å². The summed E-state index contributed by atoms with van der Waals surface area (Å²) in [5.74, 6) is 0.291. The Labute approximate surface area is 150 Å². The van der Waals surface area contributed by atoms with Gasteiger partial charge < -0.3 is 10.2 Å². The Kier molecular flexibility index (Phi) is 5.26. The van der Waals surface area contributed by atoms with Crippen molar-refractivity contribution in [3.8, 4) is 5.82 Å². The van der Waals surface area contributed by atoms with Crippen LogP contribution in [0.25, 0.3) is 5.82 Å². The molecule has 0 radical (unpaired) electrons. The van der Waals surface area contributed by atoms with Crippen LogP contribution in [0.4, 0.5) is 4.79 Å². The zero-order chi connectivity index (χ0) is 18.5. The number of imide groups is 1. The number of carbonyl (C=O) groups is 3. The van der Waals surface area contributed by atoms with Crippen molar-refractivity contribution in [2.24, 2.45) is 0 Å². The fraction of sp³-hybridized carbons (Fsp3) is 0.353. The maximum Gasteiger partial charge on any atom is 0.326 e. The van der Waals surface area contributed by atoms with Crippen molar-refractivity contribution in [3.63, 3.8) is 0 Å². The molecule has 0 atom stereocenters. The lowest BCUT2D eigenvalue weighted by molar-refractivity contribution is -0.126. The fourth-order valence-electron chi connectivity index (χ4n) is 2.74. The van der Waals surface area contributed by atoms with E-state index in [0.717, 1.165) is 5.56 Å². The first-order valence-electron chi connectivity index (χ1n) is 8.32. The normalized spacial score (nSPS) is 14.2. The van der Waals surface area contributed by atoms with Gasteiger partial charge in [0.1, 0.15) is 6.54 Å². The van der Waals surface area contributed by atoms with E-state index in [9.17, 15) is 14.4 Å². The Morgan fingerprint density at radius 1 is 1.27 bits per heavy atom. The molecule has 0 aromatic carbocycles. The van der Waals surface area contributed by atoms with Gasteiger partial charge in [0.15, 0.2) is 5.82 Å². The lowest BCUT2D eigenvalue weighted by Crippen LogP contribution is -2.33. The summed E-state index contributed by atoms with van der Waals surface area (Å²) in [7, 11) is 1.58. The van der Waals surface area contributed by atoms with E-state index >= 15 is 0 Å². The molecule has 26 heavy (non-hydrogen) atoms. The molecule has 1 aliphatic rings. The van der Waals surface area contributed by atoms with Crippen molar-refractivity contribution >= 4 is 17.8 Å². The lowest BCUT2D eigenvalue weighted by Gasteiger charge is -2.14. The predicted octanol–water partition coefficient (Wildman–Crippen LogP) is 0.558. The van der Waals surface area contributed by atoms with Crippen LogP contribution in [0, 0.1) is 0 Å². The third-order valence-electron chi connectivity index (χ3n) is 4.08. The van der Waals surface area contributed by atoms with Gasteiger partial charge in [0.25, 0.3) is 0 Å². The Bertz CT molecular complexity index is 805. The number of hydrogen-bond acceptors (Lipinski definition) is 5. The van der Waals surface area contributed by atoms with E-state index in [0.29, 0.717) is 18.8 Å². The highest BCUT2D eigenvalue weighted by molar-refractivity contribution is 6.01. The molecule has 3 heterocycles. The molecule has 1 aliphatic heterocycles. The van der Waals surface area contributed by atoms with Crippen molar-refractivity contribution in [2.75, 3.05) is 20.1 Å². The highest BCUT2D eigenvalue weighted by Gasteiger charge is 2.32. The second-order valence-electron chi connectivity index (χ2n) is 6.00. The number of amides is 4. The summed E-state index contributed by atoms with van der Waals surface area (Å²) in [5.41, 5.74) is 0.844. The molecular formula is C17H20N6O3. The molecule has 2 aromatic heterocycles. The number of likely N-dealkylation sites (N-methyl/N-ethyl adjacent to an activating group) is 1. The van der Waals surface area contributed by atoms with Crippen LogP contribution in [0.2, 0.25) is 0 Å². The first kappa shape index (κ1) is 17.6. The van der Waals surface area contributed by atoms with Gasteiger partial charge in [-0.25, -0.2) is 14.5 Å². The summed E-state index contributed by atoms with van der Waals surface area (Å²) in [6.07, 6.45) is 5.78. The van der Waals surface area contributed by atoms with Gasteiger partial charge in [-0.3, -0.25) is 14.5 Å². The second-order valence-corrected chi connectivity index (χ2v) is 6.00. The second kappa shape index (κ2) is 7.77. The molecule has 0 saturated carbocycles. The summed E-state index contributed by atoms with van der Waals surface area (Å²) in [4.78, 5) is 42.4. The average molecular weight is 356 g/mol. The Morgan fingerprint density at radius 2 is 2.12 bits per heavy atom. The van der Waals surface area contributed by atoms with Crippen molar-refractivity contribution in [3.05, 3.63) is 42.4 Å². The molecule has 0 unspecified atom stereocenters. The molecule has 0 aliphatic carbocycles. The van der Waals surface area contributed by atoms with Crippen LogP contribution in [-0.4, -0.2) is 62.5 Å². The van der Waals surface area contributed by atoms with Crippen molar-refractivity contribution in [2.45, 2.75) is 19.4 Å². The Morgan fingerprint density at radius 3 is 2.81 bits per heavy atom. The molecule has 1 fully saturated rings. The topological polar surface area (TPSA) is 100 Å². The van der Waals surface area contributed by atoms with Gasteiger partial charge in [0, 0.05) is 50.7 Å². The highest BCUT2D eigenvalue weighted by atomic mass is 16.2. The van der Waals surface area contributed by atoms with Gasteiger partial charge in [0.2, 0.25) is 11.8 Å². The first-order valence-corrected chi connectivity index (χ1v) is 8.32. The Hall–Kier alpha value is -3.23. The van der Waals surface area contributed by atoms with Gasteiger partial charge in [-0.05, 0) is 18.6 Å². The molecular weight excluding hydrogens is 336 g/mol. The highest BCUT2D eigenvalue weighted by Crippen LogP contribution is 2.11. The van der Waals surface area contributed by atoms with E-state index in [1.807, 2.05) is 6.07 Å². The number of aromatic nitrogens is 3. The van der Waals surface area contributed by atoms with Crippen molar-refractivity contribution in [1.29, 1.82) is 0 Å².